The third kappa shape index (κ3) is 9.52. The number of hydrogen-bond donors (Lipinski definition) is 0. The molecule has 0 radical (unpaired) electrons. The Morgan fingerprint density at radius 3 is 1.09 bits per heavy atom. The first-order chi connectivity index (χ1) is 28.5. The number of carbonyl (C=O) groups is 2. The monoisotopic (exact) mass is 756 g/mol. The van der Waals surface area contributed by atoms with Crippen LogP contribution < -0.4 is 0 Å². The fourth-order valence-electron chi connectivity index (χ4n) is 5.69. The number of cyclic esters (lactones) is 2. The van der Waals surface area contributed by atoms with Gasteiger partial charge in [-0.05, 0) is 94.1 Å². The van der Waals surface area contributed by atoms with Gasteiger partial charge in [-0.3, -0.25) is 9.98 Å². The molecule has 2 heterocycles. The van der Waals surface area contributed by atoms with Crippen LogP contribution in [0, 0.1) is 0 Å². The number of benzene rings is 6. The molecule has 0 saturated carbocycles. The summed E-state index contributed by atoms with van der Waals surface area (Å²) in [4.78, 5) is 42.5. The van der Waals surface area contributed by atoms with E-state index in [1.807, 2.05) is 158 Å². The molecule has 58 heavy (non-hydrogen) atoms. The molecule has 0 saturated heterocycles. The highest BCUT2D eigenvalue weighted by molar-refractivity contribution is 6.13. The Morgan fingerprint density at radius 2 is 0.724 bits per heavy atom. The van der Waals surface area contributed by atoms with Crippen molar-refractivity contribution in [3.63, 3.8) is 0 Å². The molecule has 6 aromatic rings. The molecule has 0 N–H and O–H groups in total. The van der Waals surface area contributed by atoms with E-state index in [1.165, 1.54) is 0 Å². The zero-order valence-electron chi connectivity index (χ0n) is 30.8. The van der Waals surface area contributed by atoms with Gasteiger partial charge in [0.15, 0.2) is 11.4 Å². The number of nitrogens with zero attached hydrogens (tertiary/aromatic N) is 6. The molecular weight excluding hydrogens is 725 g/mol. The van der Waals surface area contributed by atoms with Gasteiger partial charge in [0.2, 0.25) is 11.8 Å². The first-order valence-corrected chi connectivity index (χ1v) is 18.2. The van der Waals surface area contributed by atoms with Crippen LogP contribution in [0.25, 0.3) is 12.2 Å². The lowest BCUT2D eigenvalue weighted by atomic mass is 10.1. The lowest BCUT2D eigenvalue weighted by Crippen LogP contribution is -2.05. The van der Waals surface area contributed by atoms with Crippen LogP contribution in [0.2, 0.25) is 0 Å². The van der Waals surface area contributed by atoms with E-state index in [9.17, 15) is 9.59 Å². The number of hydrogen-bond acceptors (Lipinski definition) is 10. The van der Waals surface area contributed by atoms with Gasteiger partial charge in [-0.2, -0.15) is 10.2 Å². The van der Waals surface area contributed by atoms with Crippen LogP contribution in [0.3, 0.4) is 0 Å². The van der Waals surface area contributed by atoms with Gasteiger partial charge in [0.1, 0.15) is 0 Å². The summed E-state index contributed by atoms with van der Waals surface area (Å²) in [6.45, 7) is 0. The van der Waals surface area contributed by atoms with E-state index in [2.05, 4.69) is 30.2 Å². The normalized spacial score (nSPS) is 15.6. The lowest BCUT2D eigenvalue weighted by molar-refractivity contribution is -0.130. The quantitative estimate of drug-likeness (QED) is 0.0565. The fraction of sp³-hybridized carbons (Fsp3) is 0. The van der Waals surface area contributed by atoms with Crippen molar-refractivity contribution in [1.82, 2.24) is 0 Å². The summed E-state index contributed by atoms with van der Waals surface area (Å²) in [7, 11) is 0. The van der Waals surface area contributed by atoms with Crippen molar-refractivity contribution in [2.24, 2.45) is 30.2 Å². The van der Waals surface area contributed by atoms with Crippen LogP contribution >= 0.6 is 0 Å². The Hall–Kier alpha value is -8.24. The highest BCUT2D eigenvalue weighted by Crippen LogP contribution is 2.23. The second kappa shape index (κ2) is 17.5. The Balaban J connectivity index is 0.803. The van der Waals surface area contributed by atoms with Crippen molar-refractivity contribution >= 4 is 72.1 Å². The summed E-state index contributed by atoms with van der Waals surface area (Å²) < 4.78 is 10.8. The molecule has 2 aliphatic rings. The maximum atomic E-state index is 12.3. The Kier molecular flexibility index (Phi) is 11.1. The van der Waals surface area contributed by atoms with Crippen LogP contribution in [0.4, 0.5) is 11.4 Å². The third-order valence-electron chi connectivity index (χ3n) is 8.75. The van der Waals surface area contributed by atoms with E-state index in [-0.39, 0.29) is 23.2 Å². The Morgan fingerprint density at radius 1 is 0.379 bits per heavy atom. The van der Waals surface area contributed by atoms with Gasteiger partial charge in [-0.25, -0.2) is 19.6 Å². The number of esters is 2. The van der Waals surface area contributed by atoms with E-state index >= 15 is 0 Å². The summed E-state index contributed by atoms with van der Waals surface area (Å²) in [5, 5.41) is 8.39. The third-order valence-corrected chi connectivity index (χ3v) is 8.75. The minimum atomic E-state index is -0.476. The van der Waals surface area contributed by atoms with Crippen LogP contribution in [0.15, 0.2) is 199 Å². The SMILES string of the molecule is O=C1OC(c2ccc(N=Cc3ccc(C=NN=Cc4ccc(C=Nc5ccc(C6=NC(=Cc7ccccc7)C(=O)O6)cc5)cc4)cc3)cc2)=NC1=Cc1ccccc1. The van der Waals surface area contributed by atoms with Gasteiger partial charge >= 0.3 is 11.9 Å². The largest absolute Gasteiger partial charge is 0.402 e. The molecule has 2 aliphatic heterocycles. The number of rotatable bonds is 11. The molecule has 8 rings (SSSR count). The van der Waals surface area contributed by atoms with Crippen LogP contribution in [0.1, 0.15) is 44.5 Å². The molecule has 10 heteroatoms. The van der Waals surface area contributed by atoms with Gasteiger partial charge in [0, 0.05) is 23.6 Å². The number of carbonyl (C=O) groups excluding carboxylic acids is 2. The molecule has 278 valence electrons. The minimum Gasteiger partial charge on any atom is -0.402 e. The first-order valence-electron chi connectivity index (χ1n) is 18.2. The molecule has 0 spiro atoms. The summed E-state index contributed by atoms with van der Waals surface area (Å²) in [5.74, 6) is -0.418. The van der Waals surface area contributed by atoms with E-state index in [0.717, 1.165) is 44.8 Å². The van der Waals surface area contributed by atoms with Crippen molar-refractivity contribution in [1.29, 1.82) is 0 Å². The van der Waals surface area contributed by atoms with Crippen LogP contribution in [0.5, 0.6) is 0 Å². The maximum absolute atomic E-state index is 12.3. The second-order valence-corrected chi connectivity index (χ2v) is 12.9. The minimum absolute atomic E-state index is 0.262. The molecule has 0 aliphatic carbocycles. The fourth-order valence-corrected chi connectivity index (χ4v) is 5.69. The van der Waals surface area contributed by atoms with Gasteiger partial charge in [-0.15, -0.1) is 0 Å². The van der Waals surface area contributed by atoms with Gasteiger partial charge in [-0.1, -0.05) is 109 Å². The number of ether oxygens (including phenoxy) is 2. The van der Waals surface area contributed by atoms with Gasteiger partial charge in [0.25, 0.3) is 0 Å². The van der Waals surface area contributed by atoms with Crippen molar-refractivity contribution in [3.8, 4) is 0 Å². The average Bonchev–Trinajstić information content (AvgIpc) is 3.83. The standard InChI is InChI=1S/C48H32N6O4/c55-47-43(27-33-7-3-1-4-8-33)53-45(57-47)39-19-23-41(24-20-39)49-29-35-11-15-37(16-12-35)31-51-52-32-38-17-13-36(14-18-38)30-50-42-25-21-40(22-26-42)46-54-44(48(56)58-46)28-34-9-5-2-6-10-34/h1-32H. The zero-order valence-corrected chi connectivity index (χ0v) is 30.8. The molecular formula is C48H32N6O4. The molecule has 10 nitrogen and oxygen atoms in total. The topological polar surface area (TPSA) is 127 Å². The molecule has 0 unspecified atom stereocenters. The van der Waals surface area contributed by atoms with E-state index < -0.39 is 11.9 Å². The first kappa shape index (κ1) is 36.7. The molecule has 0 atom stereocenters. The zero-order chi connectivity index (χ0) is 39.5. The maximum Gasteiger partial charge on any atom is 0.363 e. The molecule has 6 aromatic carbocycles. The molecule has 0 amide bonds. The smallest absolute Gasteiger partial charge is 0.363 e. The second-order valence-electron chi connectivity index (χ2n) is 12.9. The Bertz CT molecular complexity index is 2500. The molecule has 0 aromatic heterocycles. The predicted molar refractivity (Wildman–Crippen MR) is 230 cm³/mol. The van der Waals surface area contributed by atoms with Crippen molar-refractivity contribution in [2.45, 2.75) is 0 Å². The summed E-state index contributed by atoms with van der Waals surface area (Å²) in [6.07, 6.45) is 10.3. The van der Waals surface area contributed by atoms with Crippen molar-refractivity contribution in [3.05, 3.63) is 214 Å². The highest BCUT2D eigenvalue weighted by atomic mass is 16.6. The number of aliphatic imine (C=N–C) groups is 4. The van der Waals surface area contributed by atoms with Crippen molar-refractivity contribution < 1.29 is 19.1 Å². The molecule has 0 fully saturated rings. The van der Waals surface area contributed by atoms with Crippen molar-refractivity contribution in [2.75, 3.05) is 0 Å². The van der Waals surface area contributed by atoms with Gasteiger partial charge in [0.05, 0.1) is 23.8 Å². The van der Waals surface area contributed by atoms with Gasteiger partial charge < -0.3 is 9.47 Å². The Labute approximate surface area is 334 Å². The highest BCUT2D eigenvalue weighted by Gasteiger charge is 2.25. The van der Waals surface area contributed by atoms with E-state index in [4.69, 9.17) is 9.47 Å². The van der Waals surface area contributed by atoms with E-state index in [0.29, 0.717) is 11.1 Å². The summed E-state index contributed by atoms with van der Waals surface area (Å²) >= 11 is 0. The van der Waals surface area contributed by atoms with Crippen LogP contribution in [-0.2, 0) is 19.1 Å². The predicted octanol–water partition coefficient (Wildman–Crippen LogP) is 9.33. The van der Waals surface area contributed by atoms with Crippen LogP contribution in [-0.4, -0.2) is 48.6 Å². The summed E-state index contributed by atoms with van der Waals surface area (Å²) in [5.41, 5.74) is 8.79. The summed E-state index contributed by atoms with van der Waals surface area (Å²) in [6, 6.07) is 49.3. The average molecular weight is 757 g/mol. The lowest BCUT2D eigenvalue weighted by Gasteiger charge is -2.00. The van der Waals surface area contributed by atoms with E-state index in [1.54, 1.807) is 37.0 Å². The molecule has 0 bridgehead atoms.